The van der Waals surface area contributed by atoms with E-state index >= 15 is 0 Å². The van der Waals surface area contributed by atoms with Crippen molar-refractivity contribution in [3.63, 3.8) is 0 Å². The molecule has 0 saturated heterocycles. The minimum atomic E-state index is -5.71. The predicted molar refractivity (Wildman–Crippen MR) is 103 cm³/mol. The molecule has 0 aliphatic carbocycles. The minimum Gasteiger partial charge on any atom is -0.466 e. The molecule has 0 amide bonds. The molecule has 0 heterocycles. The molecule has 12 heteroatoms. The van der Waals surface area contributed by atoms with Crippen molar-refractivity contribution in [2.45, 2.75) is 70.1 Å². The second-order valence-electron chi connectivity index (χ2n) is 8.14. The molecule has 0 aliphatic rings. The predicted octanol–water partition coefficient (Wildman–Crippen LogP) is 5.05. The van der Waals surface area contributed by atoms with E-state index in [4.69, 9.17) is 8.85 Å². The Kier molecular flexibility index (Phi) is 10.2. The number of carbonyl (C=O) groups is 2. The van der Waals surface area contributed by atoms with Crippen LogP contribution in [0.3, 0.4) is 0 Å². The van der Waals surface area contributed by atoms with Crippen molar-refractivity contribution in [1.82, 2.24) is 0 Å². The molecule has 29 heavy (non-hydrogen) atoms. The molecule has 0 aromatic heterocycles. The number of alkyl halides is 5. The lowest BCUT2D eigenvalue weighted by molar-refractivity contribution is -0.286. The maximum Gasteiger partial charge on any atom is 0.453 e. The number of rotatable bonds is 12. The molecule has 0 N–H and O–H groups in total. The Morgan fingerprint density at radius 2 is 1.45 bits per heavy atom. The number of carbonyl (C=O) groups excluding carboxylic acids is 2. The monoisotopic (exact) mass is 464 g/mol. The number of hydrogen-bond acceptors (Lipinski definition) is 5. The quantitative estimate of drug-likeness (QED) is 0.175. The van der Waals surface area contributed by atoms with Gasteiger partial charge in [0.05, 0.1) is 19.6 Å². The molecule has 0 saturated carbocycles. The van der Waals surface area contributed by atoms with E-state index in [1.807, 2.05) is 13.1 Å². The molecule has 5 nitrogen and oxygen atoms in total. The van der Waals surface area contributed by atoms with Crippen molar-refractivity contribution in [1.29, 1.82) is 0 Å². The van der Waals surface area contributed by atoms with Crippen molar-refractivity contribution in [3.8, 4) is 0 Å². The Hall–Kier alpha value is -1.28. The second-order valence-corrected chi connectivity index (χ2v) is 17.2. The van der Waals surface area contributed by atoms with Gasteiger partial charge in [0.2, 0.25) is 0 Å². The highest BCUT2D eigenvalue weighted by molar-refractivity contribution is 6.84. The molecule has 0 atom stereocenters. The van der Waals surface area contributed by atoms with Gasteiger partial charge in [-0.25, -0.2) is 4.79 Å². The van der Waals surface area contributed by atoms with Gasteiger partial charge in [0.25, 0.3) is 0 Å². The minimum absolute atomic E-state index is 0.153. The summed E-state index contributed by atoms with van der Waals surface area (Å²) >= 11 is 0. The summed E-state index contributed by atoms with van der Waals surface area (Å²) in [5, 5.41) is 0. The molecule has 0 fully saturated rings. The first-order valence-electron chi connectivity index (χ1n) is 9.01. The third-order valence-corrected chi connectivity index (χ3v) is 9.60. The molecule has 170 valence electrons. The van der Waals surface area contributed by atoms with Gasteiger partial charge in [-0.3, -0.25) is 4.79 Å². The zero-order valence-electron chi connectivity index (χ0n) is 17.4. The molecule has 0 aliphatic heterocycles. The van der Waals surface area contributed by atoms with E-state index in [0.717, 1.165) is 0 Å². The summed E-state index contributed by atoms with van der Waals surface area (Å²) in [5.74, 6) is -6.66. The molecule has 0 aromatic rings. The summed E-state index contributed by atoms with van der Waals surface area (Å²) in [6, 6.07) is 0.611. The zero-order valence-corrected chi connectivity index (χ0v) is 19.4. The fraction of sp³-hybridized carbons (Fsp3) is 0.765. The van der Waals surface area contributed by atoms with E-state index in [1.165, 1.54) is 0 Å². The fourth-order valence-electron chi connectivity index (χ4n) is 2.23. The Balaban J connectivity index is 4.18. The summed E-state index contributed by atoms with van der Waals surface area (Å²) in [6.45, 7) is 12.7. The van der Waals surface area contributed by atoms with E-state index in [9.17, 15) is 31.5 Å². The van der Waals surface area contributed by atoms with Crippen LogP contribution in [0.15, 0.2) is 12.2 Å². The molecule has 0 radical (unpaired) electrons. The first-order chi connectivity index (χ1) is 12.9. The summed E-state index contributed by atoms with van der Waals surface area (Å²) in [7, 11) is -3.66. The van der Waals surface area contributed by atoms with Gasteiger partial charge in [0, 0.05) is 12.0 Å². The van der Waals surface area contributed by atoms with Gasteiger partial charge >= 0.3 is 24.0 Å². The number of esters is 2. The molecule has 0 unspecified atom stereocenters. The van der Waals surface area contributed by atoms with Gasteiger partial charge in [-0.1, -0.05) is 6.58 Å². The van der Waals surface area contributed by atoms with Crippen molar-refractivity contribution < 1.29 is 45.1 Å². The Morgan fingerprint density at radius 3 is 1.93 bits per heavy atom. The van der Waals surface area contributed by atoms with Gasteiger partial charge in [-0.05, 0) is 45.2 Å². The number of hydrogen-bond donors (Lipinski definition) is 0. The Bertz CT molecular complexity index is 586. The summed E-state index contributed by atoms with van der Waals surface area (Å²) in [4.78, 5) is 23.3. The maximum absolute atomic E-state index is 12.7. The van der Waals surface area contributed by atoms with Crippen LogP contribution in [-0.2, 0) is 23.2 Å². The van der Waals surface area contributed by atoms with E-state index in [-0.39, 0.29) is 25.0 Å². The first kappa shape index (κ1) is 27.7. The Labute approximate surface area is 169 Å². The number of ether oxygens (including phenoxy) is 2. The SMILES string of the molecule is C=C(CCC(=O)OCC[Si](C)(C)O[Si](C)(C)C)C(=O)OCCC(F)(F)C(F)(F)F. The molecule has 0 spiro atoms. The topological polar surface area (TPSA) is 61.8 Å². The van der Waals surface area contributed by atoms with Crippen LogP contribution in [0.1, 0.15) is 19.3 Å². The number of halogens is 5. The van der Waals surface area contributed by atoms with Crippen molar-refractivity contribution in [3.05, 3.63) is 12.2 Å². The standard InChI is InChI=1S/C17H29F5O5Si2/c1-13(15(24)26-10-9-16(18,19)17(20,21)22)7-8-14(23)25-11-12-29(5,6)27-28(2,3)4/h1,7-12H2,2-6H3. The lowest BCUT2D eigenvalue weighted by Crippen LogP contribution is -2.42. The van der Waals surface area contributed by atoms with Gasteiger partial charge in [-0.2, -0.15) is 22.0 Å². The van der Waals surface area contributed by atoms with Crippen LogP contribution in [0, 0.1) is 0 Å². The highest BCUT2D eigenvalue weighted by atomic mass is 28.4. The average Bonchev–Trinajstić information content (AvgIpc) is 2.48. The molecular formula is C17H29F5O5Si2. The van der Waals surface area contributed by atoms with Gasteiger partial charge in [-0.15, -0.1) is 0 Å². The highest BCUT2D eigenvalue weighted by Gasteiger charge is 2.57. The normalized spacial score (nSPS) is 13.2. The fourth-order valence-corrected chi connectivity index (χ4v) is 9.87. The van der Waals surface area contributed by atoms with Crippen LogP contribution in [0.5, 0.6) is 0 Å². The molecular weight excluding hydrogens is 435 g/mol. The third-order valence-electron chi connectivity index (χ3n) is 3.53. The second kappa shape index (κ2) is 10.7. The highest BCUT2D eigenvalue weighted by Crippen LogP contribution is 2.37. The van der Waals surface area contributed by atoms with E-state index in [0.29, 0.717) is 6.04 Å². The Morgan fingerprint density at radius 1 is 0.897 bits per heavy atom. The molecule has 0 aromatic carbocycles. The van der Waals surface area contributed by atoms with Gasteiger partial charge in [0.1, 0.15) is 0 Å². The third kappa shape index (κ3) is 12.1. The molecule has 0 rings (SSSR count). The van der Waals surface area contributed by atoms with Crippen LogP contribution in [-0.4, -0.2) is 53.9 Å². The maximum atomic E-state index is 12.7. The summed E-state index contributed by atoms with van der Waals surface area (Å²) in [6.07, 6.45) is -7.74. The van der Waals surface area contributed by atoms with Crippen LogP contribution < -0.4 is 0 Å². The van der Waals surface area contributed by atoms with Crippen molar-refractivity contribution in [2.75, 3.05) is 13.2 Å². The zero-order chi connectivity index (χ0) is 23.1. The largest absolute Gasteiger partial charge is 0.466 e. The van der Waals surface area contributed by atoms with Gasteiger partial charge in [0.15, 0.2) is 16.6 Å². The van der Waals surface area contributed by atoms with E-state index in [2.05, 4.69) is 31.0 Å². The summed E-state index contributed by atoms with van der Waals surface area (Å²) < 4.78 is 77.1. The van der Waals surface area contributed by atoms with Gasteiger partial charge < -0.3 is 13.6 Å². The average molecular weight is 465 g/mol. The van der Waals surface area contributed by atoms with Crippen LogP contribution in [0.4, 0.5) is 22.0 Å². The lowest BCUT2D eigenvalue weighted by atomic mass is 10.1. The van der Waals surface area contributed by atoms with E-state index < -0.39 is 53.7 Å². The van der Waals surface area contributed by atoms with Crippen LogP contribution >= 0.6 is 0 Å². The lowest BCUT2D eigenvalue weighted by Gasteiger charge is -2.31. The van der Waals surface area contributed by atoms with E-state index in [1.54, 1.807) is 0 Å². The first-order valence-corrected chi connectivity index (χ1v) is 15.5. The van der Waals surface area contributed by atoms with Crippen LogP contribution in [0.2, 0.25) is 38.8 Å². The summed E-state index contributed by atoms with van der Waals surface area (Å²) in [5.41, 5.74) is -0.214. The molecule has 0 bridgehead atoms. The van der Waals surface area contributed by atoms with Crippen molar-refractivity contribution >= 4 is 28.6 Å². The van der Waals surface area contributed by atoms with Crippen molar-refractivity contribution in [2.24, 2.45) is 0 Å². The van der Waals surface area contributed by atoms with Crippen LogP contribution in [0.25, 0.3) is 0 Å². The smallest absolute Gasteiger partial charge is 0.453 e.